The van der Waals surface area contributed by atoms with Gasteiger partial charge in [-0.05, 0) is 0 Å². The van der Waals surface area contributed by atoms with Crippen LogP contribution in [-0.4, -0.2) is 57.3 Å². The van der Waals surface area contributed by atoms with Crippen molar-refractivity contribution in [3.05, 3.63) is 18.2 Å². The molecule has 0 aliphatic carbocycles. The first-order chi connectivity index (χ1) is 9.67. The molecule has 1 aliphatic rings. The fourth-order valence-electron chi connectivity index (χ4n) is 2.41. The second-order valence-corrected chi connectivity index (χ2v) is 4.60. The van der Waals surface area contributed by atoms with E-state index in [0.717, 1.165) is 0 Å². The van der Waals surface area contributed by atoms with Gasteiger partial charge >= 0.3 is 0 Å². The second-order valence-electron chi connectivity index (χ2n) is 4.60. The van der Waals surface area contributed by atoms with Gasteiger partial charge in [0.25, 0.3) is 0 Å². The van der Waals surface area contributed by atoms with Crippen LogP contribution in [0.15, 0.2) is 17.0 Å². The predicted octanol–water partition coefficient (Wildman–Crippen LogP) is -0.582. The Morgan fingerprint density at radius 2 is 2.10 bits per heavy atom. The Morgan fingerprint density at radius 3 is 2.75 bits per heavy atom. The molecule has 1 unspecified atom stereocenters. The maximum Gasteiger partial charge on any atom is 0.194 e. The number of hydrogen-bond acceptors (Lipinski definition) is 8. The topological polar surface area (TPSA) is 121 Å². The Balaban J connectivity index is 2.03. The van der Waals surface area contributed by atoms with Crippen LogP contribution in [0.5, 0.6) is 0 Å². The van der Waals surface area contributed by atoms with Gasteiger partial charge in [0, 0.05) is 12.6 Å². The number of nitrogens with zero attached hydrogens (tertiary/aromatic N) is 2. The highest BCUT2D eigenvalue weighted by molar-refractivity contribution is 5.86. The fourth-order valence-corrected chi connectivity index (χ4v) is 2.41. The molecule has 0 amide bonds. The van der Waals surface area contributed by atoms with E-state index in [1.54, 1.807) is 7.05 Å². The van der Waals surface area contributed by atoms with Crippen molar-refractivity contribution in [2.24, 2.45) is 0 Å². The van der Waals surface area contributed by atoms with E-state index in [4.69, 9.17) is 14.3 Å². The van der Waals surface area contributed by atoms with Crippen LogP contribution < -0.4 is 5.32 Å². The van der Waals surface area contributed by atoms with E-state index in [0.29, 0.717) is 22.5 Å². The minimum atomic E-state index is -1.15. The summed E-state index contributed by atoms with van der Waals surface area (Å²) >= 11 is 0. The van der Waals surface area contributed by atoms with Crippen LogP contribution in [0.3, 0.4) is 0 Å². The minimum absolute atomic E-state index is 0.374. The van der Waals surface area contributed by atoms with Crippen LogP contribution in [0.25, 0.3) is 11.1 Å². The zero-order chi connectivity index (χ0) is 14.3. The molecule has 1 fully saturated rings. The van der Waals surface area contributed by atoms with Gasteiger partial charge in [0.05, 0.1) is 12.9 Å². The van der Waals surface area contributed by atoms with Crippen LogP contribution in [0.1, 0.15) is 11.7 Å². The molecule has 0 saturated carbocycles. The molecule has 2 aromatic heterocycles. The molecular formula is C12H15N3O5. The van der Waals surface area contributed by atoms with Gasteiger partial charge in [-0.1, -0.05) is 0 Å². The molecule has 0 radical (unpaired) electrons. The number of furan rings is 1. The lowest BCUT2D eigenvalue weighted by Gasteiger charge is -2.12. The van der Waals surface area contributed by atoms with Crippen LogP contribution in [0, 0.1) is 0 Å². The Kier molecular flexibility index (Phi) is 3.30. The Hall–Kier alpha value is -1.74. The number of anilines is 1. The van der Waals surface area contributed by atoms with Crippen molar-refractivity contribution >= 4 is 16.9 Å². The van der Waals surface area contributed by atoms with E-state index in [1.807, 2.05) is 0 Å². The smallest absolute Gasteiger partial charge is 0.194 e. The summed E-state index contributed by atoms with van der Waals surface area (Å²) in [7, 11) is 1.70. The molecule has 108 valence electrons. The summed E-state index contributed by atoms with van der Waals surface area (Å²) in [5.74, 6) is 0.521. The van der Waals surface area contributed by atoms with Crippen molar-refractivity contribution in [1.82, 2.24) is 9.97 Å². The number of nitrogens with one attached hydrogen (secondary N) is 1. The largest absolute Gasteiger partial charge is 0.458 e. The maximum atomic E-state index is 10.0. The molecule has 4 N–H and O–H groups in total. The lowest BCUT2D eigenvalue weighted by molar-refractivity contribution is -0.0226. The Bertz CT molecular complexity index is 616. The minimum Gasteiger partial charge on any atom is -0.458 e. The van der Waals surface area contributed by atoms with E-state index in [1.165, 1.54) is 12.6 Å². The van der Waals surface area contributed by atoms with E-state index in [2.05, 4.69) is 15.3 Å². The van der Waals surface area contributed by atoms with Crippen molar-refractivity contribution in [2.45, 2.75) is 24.4 Å². The predicted molar refractivity (Wildman–Crippen MR) is 68.1 cm³/mol. The van der Waals surface area contributed by atoms with Crippen LogP contribution in [0.2, 0.25) is 0 Å². The fraction of sp³-hybridized carbons (Fsp3) is 0.500. The quantitative estimate of drug-likeness (QED) is 0.589. The molecule has 8 nitrogen and oxygen atoms in total. The number of aliphatic hydroxyl groups excluding tert-OH is 3. The third-order valence-electron chi connectivity index (χ3n) is 3.47. The SMILES string of the molecule is CNc1ncnc2c(C3O[C@H](CO)[C@@H](O)[C@H]3O)coc12. The third-order valence-corrected chi connectivity index (χ3v) is 3.47. The van der Waals surface area contributed by atoms with E-state index in [-0.39, 0.29) is 6.61 Å². The Morgan fingerprint density at radius 1 is 1.30 bits per heavy atom. The summed E-state index contributed by atoms with van der Waals surface area (Å²) in [6, 6.07) is 0. The number of aromatic nitrogens is 2. The number of hydrogen-bond donors (Lipinski definition) is 4. The first kappa shape index (κ1) is 13.3. The molecule has 4 atom stereocenters. The molecule has 0 aromatic carbocycles. The van der Waals surface area contributed by atoms with E-state index < -0.39 is 24.4 Å². The van der Waals surface area contributed by atoms with Crippen LogP contribution in [0.4, 0.5) is 5.82 Å². The molecule has 20 heavy (non-hydrogen) atoms. The van der Waals surface area contributed by atoms with Crippen molar-refractivity contribution in [1.29, 1.82) is 0 Å². The highest BCUT2D eigenvalue weighted by Crippen LogP contribution is 2.38. The lowest BCUT2D eigenvalue weighted by atomic mass is 10.0. The number of aliphatic hydroxyl groups is 3. The van der Waals surface area contributed by atoms with Gasteiger partial charge in [-0.15, -0.1) is 0 Å². The van der Waals surface area contributed by atoms with Crippen LogP contribution >= 0.6 is 0 Å². The molecule has 8 heteroatoms. The zero-order valence-electron chi connectivity index (χ0n) is 10.7. The van der Waals surface area contributed by atoms with Crippen molar-refractivity contribution < 1.29 is 24.5 Å². The summed E-state index contributed by atoms with van der Waals surface area (Å²) in [6.45, 7) is -0.374. The van der Waals surface area contributed by atoms with Crippen molar-refractivity contribution in [2.75, 3.05) is 19.0 Å². The third kappa shape index (κ3) is 1.85. The van der Waals surface area contributed by atoms with Gasteiger partial charge in [0.2, 0.25) is 0 Å². The molecular weight excluding hydrogens is 266 g/mol. The van der Waals surface area contributed by atoms with E-state index >= 15 is 0 Å². The van der Waals surface area contributed by atoms with Gasteiger partial charge in [-0.3, -0.25) is 0 Å². The monoisotopic (exact) mass is 281 g/mol. The van der Waals surface area contributed by atoms with Crippen molar-refractivity contribution in [3.63, 3.8) is 0 Å². The summed E-state index contributed by atoms with van der Waals surface area (Å²) in [4.78, 5) is 8.15. The highest BCUT2D eigenvalue weighted by atomic mass is 16.6. The van der Waals surface area contributed by atoms with Gasteiger partial charge in [0.15, 0.2) is 11.4 Å². The summed E-state index contributed by atoms with van der Waals surface area (Å²) < 4.78 is 10.9. The van der Waals surface area contributed by atoms with Gasteiger partial charge in [-0.25, -0.2) is 9.97 Å². The Labute approximate surface area is 114 Å². The zero-order valence-corrected chi connectivity index (χ0v) is 10.7. The molecule has 3 heterocycles. The molecule has 1 aliphatic heterocycles. The molecule has 0 bridgehead atoms. The number of rotatable bonds is 3. The molecule has 2 aromatic rings. The highest BCUT2D eigenvalue weighted by Gasteiger charge is 2.44. The number of ether oxygens (including phenoxy) is 1. The van der Waals surface area contributed by atoms with Crippen LogP contribution in [-0.2, 0) is 4.74 Å². The first-order valence-electron chi connectivity index (χ1n) is 6.19. The average molecular weight is 281 g/mol. The van der Waals surface area contributed by atoms with Gasteiger partial charge in [-0.2, -0.15) is 0 Å². The van der Waals surface area contributed by atoms with Gasteiger partial charge < -0.3 is 29.8 Å². The number of fused-ring (bicyclic) bond motifs is 1. The second kappa shape index (κ2) is 4.98. The summed E-state index contributed by atoms with van der Waals surface area (Å²) in [5.41, 5.74) is 1.46. The van der Waals surface area contributed by atoms with E-state index in [9.17, 15) is 10.2 Å². The standard InChI is InChI=1S/C12H15N3O5/c1-13-12-11-7(14-4-15-12)5(3-19-11)10-9(18)8(17)6(2-16)20-10/h3-4,6,8-10,16-18H,2H2,1H3,(H,13,14,15)/t6-,8-,9-,10?/m1/s1. The summed E-state index contributed by atoms with van der Waals surface area (Å²) in [5, 5.41) is 31.8. The maximum absolute atomic E-state index is 10.0. The normalized spacial score (nSPS) is 30.0. The molecule has 0 spiro atoms. The van der Waals surface area contributed by atoms with Gasteiger partial charge in [0.1, 0.15) is 36.3 Å². The average Bonchev–Trinajstić information content (AvgIpc) is 3.01. The van der Waals surface area contributed by atoms with Crippen molar-refractivity contribution in [3.8, 4) is 0 Å². The molecule has 1 saturated heterocycles. The molecule has 3 rings (SSSR count). The first-order valence-corrected chi connectivity index (χ1v) is 6.19. The summed E-state index contributed by atoms with van der Waals surface area (Å²) in [6.07, 6.45) is -1.15. The lowest BCUT2D eigenvalue weighted by Crippen LogP contribution is -2.32.